The molecule has 0 aromatic heterocycles. The first-order valence-corrected chi connectivity index (χ1v) is 9.92. The molecule has 3 rings (SSSR count). The summed E-state index contributed by atoms with van der Waals surface area (Å²) < 4.78 is 12.2. The van der Waals surface area contributed by atoms with Crippen molar-refractivity contribution in [2.24, 2.45) is 0 Å². The van der Waals surface area contributed by atoms with Gasteiger partial charge in [0.25, 0.3) is 5.91 Å². The smallest absolute Gasteiger partial charge is 0.263 e. The summed E-state index contributed by atoms with van der Waals surface area (Å²) in [6.07, 6.45) is 2.60. The topological polar surface area (TPSA) is 47.6 Å². The lowest BCUT2D eigenvalue weighted by molar-refractivity contribution is -0.115. The van der Waals surface area contributed by atoms with Gasteiger partial charge in [0.15, 0.2) is 0 Å². The normalized spacial score (nSPS) is 15.1. The van der Waals surface area contributed by atoms with Crippen LogP contribution in [-0.4, -0.2) is 23.4 Å². The number of amides is 1. The standard InChI is InChI=1S/C21H21NO3S2/c1-14-6-3-7-15(2)19(14)25-11-5-10-24-17-9-4-8-16(12-17)13-18-20(23)22-21(26)27-18/h3-4,6-9,12-13H,5,10-11H2,1-2H3,(H,22,23,26)/b18-13+. The average molecular weight is 400 g/mol. The summed E-state index contributed by atoms with van der Waals surface area (Å²) >= 11 is 6.28. The second-order valence-corrected chi connectivity index (χ2v) is 7.91. The minimum absolute atomic E-state index is 0.153. The predicted octanol–water partition coefficient (Wildman–Crippen LogP) is 4.64. The Morgan fingerprint density at radius 2 is 1.78 bits per heavy atom. The van der Waals surface area contributed by atoms with Crippen LogP contribution in [0.1, 0.15) is 23.1 Å². The zero-order valence-electron chi connectivity index (χ0n) is 15.3. The molecule has 2 aromatic carbocycles. The van der Waals surface area contributed by atoms with Gasteiger partial charge in [-0.15, -0.1) is 0 Å². The third-order valence-electron chi connectivity index (χ3n) is 4.01. The lowest BCUT2D eigenvalue weighted by Crippen LogP contribution is -2.17. The molecule has 2 aromatic rings. The molecular formula is C21H21NO3S2. The van der Waals surface area contributed by atoms with Gasteiger partial charge in [-0.3, -0.25) is 4.79 Å². The van der Waals surface area contributed by atoms with Gasteiger partial charge in [-0.05, 0) is 48.7 Å². The summed E-state index contributed by atoms with van der Waals surface area (Å²) in [5, 5.41) is 2.61. The van der Waals surface area contributed by atoms with Crippen LogP contribution in [0.3, 0.4) is 0 Å². The zero-order chi connectivity index (χ0) is 19.2. The van der Waals surface area contributed by atoms with Gasteiger partial charge in [-0.1, -0.05) is 54.3 Å². The highest BCUT2D eigenvalue weighted by atomic mass is 32.2. The van der Waals surface area contributed by atoms with Gasteiger partial charge < -0.3 is 14.8 Å². The van der Waals surface area contributed by atoms with Crippen LogP contribution >= 0.6 is 24.0 Å². The van der Waals surface area contributed by atoms with Crippen LogP contribution in [0.4, 0.5) is 0 Å². The molecule has 4 nitrogen and oxygen atoms in total. The third kappa shape index (κ3) is 5.34. The summed E-state index contributed by atoms with van der Waals surface area (Å²) in [4.78, 5) is 12.3. The Hall–Kier alpha value is -2.31. The van der Waals surface area contributed by atoms with E-state index in [4.69, 9.17) is 21.7 Å². The molecule has 0 atom stereocenters. The van der Waals surface area contributed by atoms with Gasteiger partial charge in [0.1, 0.15) is 15.8 Å². The molecule has 0 aliphatic carbocycles. The summed E-state index contributed by atoms with van der Waals surface area (Å²) in [5.41, 5.74) is 3.19. The number of carbonyl (C=O) groups excluding carboxylic acids is 1. The second kappa shape index (κ2) is 9.06. The number of benzene rings is 2. The first-order chi connectivity index (χ1) is 13.0. The van der Waals surface area contributed by atoms with Crippen molar-refractivity contribution in [2.75, 3.05) is 13.2 Å². The van der Waals surface area contributed by atoms with E-state index in [1.54, 1.807) is 0 Å². The van der Waals surface area contributed by atoms with Crippen molar-refractivity contribution < 1.29 is 14.3 Å². The van der Waals surface area contributed by atoms with E-state index in [0.29, 0.717) is 22.4 Å². The van der Waals surface area contributed by atoms with E-state index >= 15 is 0 Å². The molecule has 0 bridgehead atoms. The van der Waals surface area contributed by atoms with Crippen LogP contribution in [0.25, 0.3) is 6.08 Å². The minimum atomic E-state index is -0.153. The van der Waals surface area contributed by atoms with E-state index in [2.05, 4.69) is 31.3 Å². The molecule has 1 N–H and O–H groups in total. The Morgan fingerprint density at radius 1 is 1.07 bits per heavy atom. The zero-order valence-corrected chi connectivity index (χ0v) is 16.9. The highest BCUT2D eigenvalue weighted by Crippen LogP contribution is 2.27. The summed E-state index contributed by atoms with van der Waals surface area (Å²) in [6.45, 7) is 5.26. The summed E-state index contributed by atoms with van der Waals surface area (Å²) in [6, 6.07) is 13.8. The van der Waals surface area contributed by atoms with Gasteiger partial charge in [0.05, 0.1) is 18.1 Å². The van der Waals surface area contributed by atoms with Crippen molar-refractivity contribution in [3.63, 3.8) is 0 Å². The number of carbonyl (C=O) groups is 1. The van der Waals surface area contributed by atoms with Crippen molar-refractivity contribution in [3.05, 3.63) is 64.1 Å². The molecule has 0 spiro atoms. The number of rotatable bonds is 7. The molecule has 1 amide bonds. The summed E-state index contributed by atoms with van der Waals surface area (Å²) in [5.74, 6) is 1.57. The van der Waals surface area contributed by atoms with E-state index in [1.807, 2.05) is 36.4 Å². The largest absolute Gasteiger partial charge is 0.493 e. The van der Waals surface area contributed by atoms with Crippen molar-refractivity contribution in [1.29, 1.82) is 0 Å². The highest BCUT2D eigenvalue weighted by Gasteiger charge is 2.21. The van der Waals surface area contributed by atoms with Gasteiger partial charge in [-0.2, -0.15) is 0 Å². The first-order valence-electron chi connectivity index (χ1n) is 8.69. The van der Waals surface area contributed by atoms with Crippen molar-refractivity contribution >= 4 is 40.3 Å². The number of nitrogens with one attached hydrogen (secondary N) is 1. The molecule has 0 radical (unpaired) electrons. The Morgan fingerprint density at radius 3 is 2.48 bits per heavy atom. The molecule has 1 fully saturated rings. The van der Waals surface area contributed by atoms with Gasteiger partial charge in [0, 0.05) is 6.42 Å². The van der Waals surface area contributed by atoms with E-state index in [-0.39, 0.29) is 5.91 Å². The second-order valence-electron chi connectivity index (χ2n) is 6.20. The lowest BCUT2D eigenvalue weighted by Gasteiger charge is -2.12. The van der Waals surface area contributed by atoms with E-state index in [9.17, 15) is 4.79 Å². The highest BCUT2D eigenvalue weighted by molar-refractivity contribution is 8.26. The van der Waals surface area contributed by atoms with Crippen LogP contribution in [0.2, 0.25) is 0 Å². The Kier molecular flexibility index (Phi) is 6.53. The van der Waals surface area contributed by atoms with E-state index in [0.717, 1.165) is 34.6 Å². The molecular weight excluding hydrogens is 378 g/mol. The minimum Gasteiger partial charge on any atom is -0.493 e. The number of aryl methyl sites for hydroxylation is 2. The number of hydrogen-bond donors (Lipinski definition) is 1. The number of para-hydroxylation sites is 1. The fourth-order valence-electron chi connectivity index (χ4n) is 2.72. The molecule has 6 heteroatoms. The number of ether oxygens (including phenoxy) is 2. The molecule has 1 aliphatic rings. The van der Waals surface area contributed by atoms with E-state index in [1.165, 1.54) is 11.8 Å². The monoisotopic (exact) mass is 399 g/mol. The SMILES string of the molecule is Cc1cccc(C)c1OCCCOc1cccc(/C=C2/SC(=S)NC2=O)c1. The Bertz CT molecular complexity index is 872. The Balaban J connectivity index is 1.50. The quantitative estimate of drug-likeness (QED) is 0.418. The van der Waals surface area contributed by atoms with Crippen LogP contribution in [0, 0.1) is 13.8 Å². The maximum atomic E-state index is 11.7. The molecule has 1 aliphatic heterocycles. The molecule has 1 heterocycles. The maximum Gasteiger partial charge on any atom is 0.263 e. The van der Waals surface area contributed by atoms with Gasteiger partial charge in [-0.25, -0.2) is 0 Å². The van der Waals surface area contributed by atoms with Gasteiger partial charge in [0.2, 0.25) is 0 Å². The van der Waals surface area contributed by atoms with Crippen LogP contribution < -0.4 is 14.8 Å². The number of hydrogen-bond acceptors (Lipinski definition) is 5. The molecule has 27 heavy (non-hydrogen) atoms. The van der Waals surface area contributed by atoms with Crippen molar-refractivity contribution in [3.8, 4) is 11.5 Å². The van der Waals surface area contributed by atoms with Crippen LogP contribution in [0.15, 0.2) is 47.4 Å². The Labute approximate surface area is 168 Å². The molecule has 0 saturated carbocycles. The van der Waals surface area contributed by atoms with Crippen molar-refractivity contribution in [2.45, 2.75) is 20.3 Å². The molecule has 140 valence electrons. The lowest BCUT2D eigenvalue weighted by atomic mass is 10.1. The molecule has 1 saturated heterocycles. The van der Waals surface area contributed by atoms with Crippen molar-refractivity contribution in [1.82, 2.24) is 5.32 Å². The van der Waals surface area contributed by atoms with Crippen LogP contribution in [0.5, 0.6) is 11.5 Å². The predicted molar refractivity (Wildman–Crippen MR) is 114 cm³/mol. The average Bonchev–Trinajstić information content (AvgIpc) is 2.94. The van der Waals surface area contributed by atoms with Crippen LogP contribution in [-0.2, 0) is 4.79 Å². The fourth-order valence-corrected chi connectivity index (χ4v) is 3.76. The maximum absolute atomic E-state index is 11.7. The number of thioether (sulfide) groups is 1. The number of thiocarbonyl (C=S) groups is 1. The fraction of sp³-hybridized carbons (Fsp3) is 0.238. The van der Waals surface area contributed by atoms with Gasteiger partial charge >= 0.3 is 0 Å². The summed E-state index contributed by atoms with van der Waals surface area (Å²) in [7, 11) is 0. The first kappa shape index (κ1) is 19.5. The third-order valence-corrected chi connectivity index (χ3v) is 5.17. The molecule has 0 unspecified atom stereocenters. The van der Waals surface area contributed by atoms with E-state index < -0.39 is 0 Å².